The topological polar surface area (TPSA) is 84.5 Å². The van der Waals surface area contributed by atoms with Crippen molar-refractivity contribution in [1.29, 1.82) is 0 Å². The van der Waals surface area contributed by atoms with Crippen LogP contribution in [0.1, 0.15) is 17.5 Å². The number of carbonyl (C=O) groups is 1. The minimum Gasteiger partial charge on any atom is -0.469 e. The lowest BCUT2D eigenvalue weighted by molar-refractivity contribution is -0.140. The third-order valence-electron chi connectivity index (χ3n) is 3.17. The van der Waals surface area contributed by atoms with E-state index in [4.69, 9.17) is 0 Å². The number of fused-ring (bicyclic) bond motifs is 1. The van der Waals surface area contributed by atoms with Gasteiger partial charge in [-0.3, -0.25) is 9.52 Å². The molecule has 20 heavy (non-hydrogen) atoms. The van der Waals surface area contributed by atoms with Crippen LogP contribution in [0.15, 0.2) is 18.2 Å². The molecule has 7 heteroatoms. The number of ether oxygens (including phenoxy) is 1. The summed E-state index contributed by atoms with van der Waals surface area (Å²) in [5.41, 5.74) is 2.86. The number of hydrogen-bond donors (Lipinski definition) is 2. The van der Waals surface area contributed by atoms with Crippen molar-refractivity contribution in [3.63, 3.8) is 0 Å². The highest BCUT2D eigenvalue weighted by atomic mass is 32.2. The van der Waals surface area contributed by atoms with Crippen LogP contribution in [0, 0.1) is 0 Å². The molecule has 0 unspecified atom stereocenters. The first-order valence-corrected chi connectivity index (χ1v) is 8.05. The molecule has 1 aliphatic heterocycles. The van der Waals surface area contributed by atoms with E-state index in [2.05, 4.69) is 14.8 Å². The summed E-state index contributed by atoms with van der Waals surface area (Å²) in [7, 11) is -2.30. The lowest BCUT2D eigenvalue weighted by atomic mass is 10.0. The molecule has 0 spiro atoms. The summed E-state index contributed by atoms with van der Waals surface area (Å²) in [6, 6.07) is 5.52. The second-order valence-electron chi connectivity index (χ2n) is 4.66. The lowest BCUT2D eigenvalue weighted by Crippen LogP contribution is -2.24. The fourth-order valence-corrected chi connectivity index (χ4v) is 3.12. The molecule has 0 saturated heterocycles. The second kappa shape index (κ2) is 6.23. The van der Waals surface area contributed by atoms with E-state index in [0.717, 1.165) is 25.1 Å². The van der Waals surface area contributed by atoms with Crippen LogP contribution in [0.25, 0.3) is 0 Å². The van der Waals surface area contributed by atoms with E-state index in [1.165, 1.54) is 12.7 Å². The number of hydrogen-bond acceptors (Lipinski definition) is 5. The number of esters is 1. The van der Waals surface area contributed by atoms with Gasteiger partial charge in [0.2, 0.25) is 10.0 Å². The Labute approximate surface area is 118 Å². The Morgan fingerprint density at radius 3 is 2.95 bits per heavy atom. The van der Waals surface area contributed by atoms with Crippen molar-refractivity contribution < 1.29 is 17.9 Å². The summed E-state index contributed by atoms with van der Waals surface area (Å²) in [6.07, 6.45) is 0.795. The molecule has 2 rings (SSSR count). The first-order valence-electron chi connectivity index (χ1n) is 6.40. The van der Waals surface area contributed by atoms with Gasteiger partial charge in [-0.1, -0.05) is 6.07 Å². The van der Waals surface area contributed by atoms with Crippen molar-refractivity contribution in [3.05, 3.63) is 29.3 Å². The molecular weight excluding hydrogens is 280 g/mol. The number of carbonyl (C=O) groups excluding carboxylic acids is 1. The maximum atomic E-state index is 11.9. The highest BCUT2D eigenvalue weighted by Gasteiger charge is 2.15. The van der Waals surface area contributed by atoms with Gasteiger partial charge >= 0.3 is 5.97 Å². The molecule has 6 nitrogen and oxygen atoms in total. The molecule has 0 fully saturated rings. The van der Waals surface area contributed by atoms with E-state index in [0.29, 0.717) is 5.69 Å². The molecular formula is C13H18N2O4S. The van der Waals surface area contributed by atoms with Gasteiger partial charge < -0.3 is 10.1 Å². The van der Waals surface area contributed by atoms with Crippen LogP contribution >= 0.6 is 0 Å². The van der Waals surface area contributed by atoms with Crippen LogP contribution in [0.5, 0.6) is 0 Å². The molecule has 1 aliphatic rings. The molecule has 0 aliphatic carbocycles. The fraction of sp³-hybridized carbons (Fsp3) is 0.462. The van der Waals surface area contributed by atoms with E-state index in [-0.39, 0.29) is 12.2 Å². The predicted molar refractivity (Wildman–Crippen MR) is 75.9 cm³/mol. The minimum atomic E-state index is -3.54. The number of sulfonamides is 1. The summed E-state index contributed by atoms with van der Waals surface area (Å²) in [5, 5.41) is 3.24. The Bertz CT molecular complexity index is 598. The van der Waals surface area contributed by atoms with Crippen molar-refractivity contribution in [2.75, 3.05) is 24.1 Å². The highest BCUT2D eigenvalue weighted by molar-refractivity contribution is 7.92. The Kier molecular flexibility index (Phi) is 4.61. The van der Waals surface area contributed by atoms with Crippen molar-refractivity contribution in [3.8, 4) is 0 Å². The van der Waals surface area contributed by atoms with Crippen molar-refractivity contribution in [2.45, 2.75) is 19.4 Å². The number of nitrogens with one attached hydrogen (secondary N) is 2. The largest absolute Gasteiger partial charge is 0.469 e. The molecule has 0 radical (unpaired) electrons. The molecule has 110 valence electrons. The summed E-state index contributed by atoms with van der Waals surface area (Å²) in [5.74, 6) is -0.820. The molecule has 1 aromatic carbocycles. The van der Waals surface area contributed by atoms with Crippen LogP contribution in [0.4, 0.5) is 5.69 Å². The van der Waals surface area contributed by atoms with Crippen molar-refractivity contribution in [2.24, 2.45) is 0 Å². The quantitative estimate of drug-likeness (QED) is 0.779. The summed E-state index contributed by atoms with van der Waals surface area (Å²) in [4.78, 5) is 11.0. The Balaban J connectivity index is 2.03. The van der Waals surface area contributed by atoms with Crippen LogP contribution in [-0.4, -0.2) is 33.8 Å². The Hall–Kier alpha value is -1.60. The predicted octanol–water partition coefficient (Wildman–Crippen LogP) is 0.637. The average molecular weight is 298 g/mol. The van der Waals surface area contributed by atoms with E-state index < -0.39 is 16.0 Å². The fourth-order valence-electron chi connectivity index (χ4n) is 2.09. The van der Waals surface area contributed by atoms with Gasteiger partial charge in [-0.2, -0.15) is 0 Å². The third-order valence-corrected chi connectivity index (χ3v) is 4.46. The molecule has 0 atom stereocenters. The Morgan fingerprint density at radius 2 is 2.20 bits per heavy atom. The minimum absolute atomic E-state index is 0.154. The summed E-state index contributed by atoms with van der Waals surface area (Å²) in [6.45, 7) is 1.68. The van der Waals surface area contributed by atoms with Gasteiger partial charge in [0.15, 0.2) is 0 Å². The maximum Gasteiger partial charge on any atom is 0.306 e. The number of rotatable bonds is 5. The normalized spacial score (nSPS) is 14.4. The van der Waals surface area contributed by atoms with Gasteiger partial charge in [-0.25, -0.2) is 8.42 Å². The van der Waals surface area contributed by atoms with Gasteiger partial charge in [0, 0.05) is 12.2 Å². The molecule has 0 aromatic heterocycles. The smallest absolute Gasteiger partial charge is 0.306 e. The van der Waals surface area contributed by atoms with E-state index in [9.17, 15) is 13.2 Å². The zero-order chi connectivity index (χ0) is 14.6. The van der Waals surface area contributed by atoms with E-state index >= 15 is 0 Å². The molecule has 1 heterocycles. The number of benzene rings is 1. The maximum absolute atomic E-state index is 11.9. The van der Waals surface area contributed by atoms with Gasteiger partial charge in [-0.15, -0.1) is 0 Å². The molecule has 0 saturated carbocycles. The average Bonchev–Trinajstić information content (AvgIpc) is 2.44. The van der Waals surface area contributed by atoms with Crippen LogP contribution in [0.2, 0.25) is 0 Å². The number of methoxy groups -OCH3 is 1. The zero-order valence-corrected chi connectivity index (χ0v) is 12.1. The molecule has 0 amide bonds. The monoisotopic (exact) mass is 298 g/mol. The van der Waals surface area contributed by atoms with Crippen LogP contribution in [0.3, 0.4) is 0 Å². The molecule has 0 bridgehead atoms. The van der Waals surface area contributed by atoms with Gasteiger partial charge in [0.05, 0.1) is 19.3 Å². The summed E-state index contributed by atoms with van der Waals surface area (Å²) < 4.78 is 30.6. The Morgan fingerprint density at radius 1 is 1.40 bits per heavy atom. The van der Waals surface area contributed by atoms with Crippen molar-refractivity contribution >= 4 is 21.7 Å². The van der Waals surface area contributed by atoms with Gasteiger partial charge in [0.25, 0.3) is 0 Å². The lowest BCUT2D eigenvalue weighted by Gasteiger charge is -2.18. The standard InChI is InChI=1S/C13H18N2O4S/c1-19-13(16)5-7-20(17,18)15-12-3-2-10-4-6-14-9-11(10)8-12/h2-3,8,14-15H,4-7,9H2,1H3. The van der Waals surface area contributed by atoms with Gasteiger partial charge in [-0.05, 0) is 36.2 Å². The van der Waals surface area contributed by atoms with E-state index in [1.807, 2.05) is 12.1 Å². The van der Waals surface area contributed by atoms with Crippen LogP contribution in [-0.2, 0) is 32.5 Å². The van der Waals surface area contributed by atoms with Gasteiger partial charge in [0.1, 0.15) is 0 Å². The van der Waals surface area contributed by atoms with Crippen LogP contribution < -0.4 is 10.0 Å². The number of anilines is 1. The zero-order valence-electron chi connectivity index (χ0n) is 11.3. The highest BCUT2D eigenvalue weighted by Crippen LogP contribution is 2.20. The third kappa shape index (κ3) is 3.94. The van der Waals surface area contributed by atoms with E-state index in [1.54, 1.807) is 6.07 Å². The second-order valence-corrected chi connectivity index (χ2v) is 6.50. The summed E-state index contributed by atoms with van der Waals surface area (Å²) >= 11 is 0. The molecule has 1 aromatic rings. The SMILES string of the molecule is COC(=O)CCS(=O)(=O)Nc1ccc2c(c1)CNCC2. The first kappa shape index (κ1) is 14.8. The molecule has 2 N–H and O–H groups in total. The van der Waals surface area contributed by atoms with Crippen molar-refractivity contribution in [1.82, 2.24) is 5.32 Å². The first-order chi connectivity index (χ1) is 9.50.